The normalized spacial score (nSPS) is 12.3. The van der Waals surface area contributed by atoms with Crippen molar-refractivity contribution in [3.63, 3.8) is 0 Å². The minimum Gasteiger partial charge on any atom is -0.309 e. The van der Waals surface area contributed by atoms with Crippen molar-refractivity contribution in [3.05, 3.63) is 53.6 Å². The third-order valence-electron chi connectivity index (χ3n) is 4.72. The van der Waals surface area contributed by atoms with Crippen molar-refractivity contribution >= 4 is 34.4 Å². The Morgan fingerprint density at radius 2 is 1.90 bits per heavy atom. The number of rotatable bonds is 4. The second-order valence-electron chi connectivity index (χ2n) is 6.95. The molecule has 0 saturated heterocycles. The molecule has 0 fully saturated rings. The number of fused-ring (bicyclic) bond motifs is 1. The maximum atomic E-state index is 12.1. The predicted molar refractivity (Wildman–Crippen MR) is 112 cm³/mol. The Hall–Kier alpha value is -3.26. The molecule has 1 atom stereocenters. The van der Waals surface area contributed by atoms with Crippen LogP contribution in [-0.4, -0.2) is 40.8 Å². The lowest BCUT2D eigenvalue weighted by atomic mass is 10.1. The fraction of sp³-hybridized carbons (Fsp3) is 0.250. The van der Waals surface area contributed by atoms with Crippen LogP contribution in [0.5, 0.6) is 0 Å². The van der Waals surface area contributed by atoms with E-state index in [0.29, 0.717) is 22.7 Å². The third kappa shape index (κ3) is 3.47. The molecule has 1 aromatic carbocycles. The Morgan fingerprint density at radius 3 is 2.62 bits per heavy atom. The van der Waals surface area contributed by atoms with Crippen LogP contribution in [0.25, 0.3) is 22.5 Å². The SMILES string of the molecule is Cc1cc(NC(=O)C(C)Cl)n(-c2ncnc3c2cnn3-c2ccc(C)c(C)c2)n1. The molecule has 9 heteroatoms. The van der Waals surface area contributed by atoms with Crippen LogP contribution in [0, 0.1) is 20.8 Å². The Balaban J connectivity index is 1.84. The lowest BCUT2D eigenvalue weighted by Crippen LogP contribution is -2.22. The number of amides is 1. The molecule has 0 bridgehead atoms. The van der Waals surface area contributed by atoms with Gasteiger partial charge in [0.05, 0.1) is 23.0 Å². The van der Waals surface area contributed by atoms with Crippen molar-refractivity contribution in [2.24, 2.45) is 0 Å². The molecule has 0 aliphatic heterocycles. The minimum atomic E-state index is -0.670. The number of hydrogen-bond donors (Lipinski definition) is 1. The summed E-state index contributed by atoms with van der Waals surface area (Å²) in [5, 5.41) is 11.8. The summed E-state index contributed by atoms with van der Waals surface area (Å²) < 4.78 is 3.34. The molecule has 0 radical (unpaired) electrons. The fourth-order valence-electron chi connectivity index (χ4n) is 3.02. The molecule has 4 aromatic rings. The van der Waals surface area contributed by atoms with E-state index in [1.807, 2.05) is 13.0 Å². The zero-order valence-corrected chi connectivity index (χ0v) is 17.3. The maximum absolute atomic E-state index is 12.1. The molecule has 0 saturated carbocycles. The number of nitrogens with one attached hydrogen (secondary N) is 1. The van der Waals surface area contributed by atoms with Crippen LogP contribution in [0.3, 0.4) is 0 Å². The first-order valence-corrected chi connectivity index (χ1v) is 9.57. The van der Waals surface area contributed by atoms with Crippen LogP contribution in [-0.2, 0) is 4.79 Å². The highest BCUT2D eigenvalue weighted by Gasteiger charge is 2.19. The first-order valence-electron chi connectivity index (χ1n) is 9.13. The maximum Gasteiger partial charge on any atom is 0.243 e. The molecule has 3 heterocycles. The van der Waals surface area contributed by atoms with Crippen molar-refractivity contribution in [1.82, 2.24) is 29.5 Å². The number of benzene rings is 1. The Labute approximate surface area is 172 Å². The number of halogens is 1. The van der Waals surface area contributed by atoms with Gasteiger partial charge in [-0.25, -0.2) is 14.6 Å². The number of carbonyl (C=O) groups excluding carboxylic acids is 1. The van der Waals surface area contributed by atoms with Gasteiger partial charge < -0.3 is 5.32 Å². The smallest absolute Gasteiger partial charge is 0.243 e. The van der Waals surface area contributed by atoms with E-state index in [4.69, 9.17) is 11.6 Å². The van der Waals surface area contributed by atoms with Gasteiger partial charge in [0.25, 0.3) is 0 Å². The molecule has 1 unspecified atom stereocenters. The summed E-state index contributed by atoms with van der Waals surface area (Å²) in [5.74, 6) is 0.693. The zero-order chi connectivity index (χ0) is 20.7. The van der Waals surface area contributed by atoms with Crippen LogP contribution in [0.1, 0.15) is 23.7 Å². The standard InChI is InChI=1S/C20H20ClN7O/c1-11-5-6-15(7-12(11)2)27-18-16(9-24-27)19(23-10-22-18)28-17(8-13(3)26-28)25-20(29)14(4)21/h5-10,14H,1-4H3,(H,25,29). The van der Waals surface area contributed by atoms with E-state index in [0.717, 1.165) is 11.4 Å². The molecule has 0 aliphatic rings. The molecule has 1 amide bonds. The second kappa shape index (κ2) is 7.29. The van der Waals surface area contributed by atoms with Crippen molar-refractivity contribution in [3.8, 4) is 11.5 Å². The third-order valence-corrected chi connectivity index (χ3v) is 4.92. The number of aromatic nitrogens is 6. The van der Waals surface area contributed by atoms with Gasteiger partial charge in [-0.3, -0.25) is 4.79 Å². The zero-order valence-electron chi connectivity index (χ0n) is 16.5. The van der Waals surface area contributed by atoms with Crippen molar-refractivity contribution in [2.75, 3.05) is 5.32 Å². The molecular formula is C20H20ClN7O. The second-order valence-corrected chi connectivity index (χ2v) is 7.60. The summed E-state index contributed by atoms with van der Waals surface area (Å²) >= 11 is 5.89. The quantitative estimate of drug-likeness (QED) is 0.521. The molecule has 29 heavy (non-hydrogen) atoms. The average Bonchev–Trinajstić information content (AvgIpc) is 3.27. The monoisotopic (exact) mass is 409 g/mol. The van der Waals surface area contributed by atoms with Gasteiger partial charge in [0.2, 0.25) is 5.91 Å². The molecule has 0 aliphatic carbocycles. The van der Waals surface area contributed by atoms with Gasteiger partial charge >= 0.3 is 0 Å². The van der Waals surface area contributed by atoms with Gasteiger partial charge in [-0.1, -0.05) is 6.07 Å². The molecule has 148 valence electrons. The van der Waals surface area contributed by atoms with Crippen LogP contribution in [0.15, 0.2) is 36.8 Å². The summed E-state index contributed by atoms with van der Waals surface area (Å²) in [4.78, 5) is 20.9. The number of alkyl halides is 1. The van der Waals surface area contributed by atoms with Gasteiger partial charge in [-0.2, -0.15) is 14.9 Å². The summed E-state index contributed by atoms with van der Waals surface area (Å²) in [6.45, 7) is 7.58. The highest BCUT2D eigenvalue weighted by atomic mass is 35.5. The number of carbonyl (C=O) groups is 1. The first-order chi connectivity index (χ1) is 13.8. The van der Waals surface area contributed by atoms with Crippen LogP contribution in [0.4, 0.5) is 5.82 Å². The van der Waals surface area contributed by atoms with E-state index < -0.39 is 5.38 Å². The highest BCUT2D eigenvalue weighted by molar-refractivity contribution is 6.32. The molecule has 4 rings (SSSR count). The largest absolute Gasteiger partial charge is 0.309 e. The highest BCUT2D eigenvalue weighted by Crippen LogP contribution is 2.25. The molecule has 8 nitrogen and oxygen atoms in total. The Kier molecular flexibility index (Phi) is 4.79. The summed E-state index contributed by atoms with van der Waals surface area (Å²) in [6.07, 6.45) is 3.16. The van der Waals surface area contributed by atoms with Gasteiger partial charge in [-0.05, 0) is 51.0 Å². The first kappa shape index (κ1) is 19.1. The summed E-state index contributed by atoms with van der Waals surface area (Å²) in [7, 11) is 0. The van der Waals surface area contributed by atoms with Crippen molar-refractivity contribution in [2.45, 2.75) is 33.1 Å². The number of hydrogen-bond acceptors (Lipinski definition) is 5. The topological polar surface area (TPSA) is 90.5 Å². The Morgan fingerprint density at radius 1 is 1.10 bits per heavy atom. The van der Waals surface area contributed by atoms with E-state index >= 15 is 0 Å². The van der Waals surface area contributed by atoms with Crippen LogP contribution >= 0.6 is 11.6 Å². The molecule has 1 N–H and O–H groups in total. The van der Waals surface area contributed by atoms with E-state index in [1.54, 1.807) is 28.6 Å². The van der Waals surface area contributed by atoms with Crippen molar-refractivity contribution < 1.29 is 4.79 Å². The lowest BCUT2D eigenvalue weighted by molar-refractivity contribution is -0.115. The van der Waals surface area contributed by atoms with E-state index in [-0.39, 0.29) is 5.91 Å². The van der Waals surface area contributed by atoms with Crippen LogP contribution in [0.2, 0.25) is 0 Å². The van der Waals surface area contributed by atoms with Gasteiger partial charge in [0.1, 0.15) is 17.5 Å². The lowest BCUT2D eigenvalue weighted by Gasteiger charge is -2.10. The molecule has 0 spiro atoms. The predicted octanol–water partition coefficient (Wildman–Crippen LogP) is 3.49. The molecule has 3 aromatic heterocycles. The van der Waals surface area contributed by atoms with Crippen molar-refractivity contribution in [1.29, 1.82) is 0 Å². The minimum absolute atomic E-state index is 0.316. The number of anilines is 1. The van der Waals surface area contributed by atoms with E-state index in [2.05, 4.69) is 51.5 Å². The average molecular weight is 410 g/mol. The van der Waals surface area contributed by atoms with E-state index in [9.17, 15) is 4.79 Å². The van der Waals surface area contributed by atoms with Gasteiger partial charge in [0.15, 0.2) is 11.5 Å². The summed E-state index contributed by atoms with van der Waals surface area (Å²) in [6, 6.07) is 7.88. The molecular weight excluding hydrogens is 390 g/mol. The van der Waals surface area contributed by atoms with Gasteiger partial charge in [-0.15, -0.1) is 11.6 Å². The number of nitrogens with zero attached hydrogens (tertiary/aromatic N) is 6. The van der Waals surface area contributed by atoms with E-state index in [1.165, 1.54) is 17.5 Å². The number of aryl methyl sites for hydroxylation is 3. The van der Waals surface area contributed by atoms with Crippen LogP contribution < -0.4 is 5.32 Å². The van der Waals surface area contributed by atoms with Gasteiger partial charge in [0, 0.05) is 6.07 Å². The Bertz CT molecular complexity index is 1230. The fourth-order valence-corrected chi connectivity index (χ4v) is 3.08. The summed E-state index contributed by atoms with van der Waals surface area (Å²) in [5.41, 5.74) is 4.67.